The zero-order valence-corrected chi connectivity index (χ0v) is 11.1. The van der Waals surface area contributed by atoms with Crippen molar-refractivity contribution < 1.29 is 33.1 Å². The van der Waals surface area contributed by atoms with Crippen LogP contribution in [0.1, 0.15) is 6.42 Å². The lowest BCUT2D eigenvalue weighted by molar-refractivity contribution is -0.387. The fraction of sp³-hybridized carbons (Fsp3) is 0.200. The zero-order chi connectivity index (χ0) is 16.2. The van der Waals surface area contributed by atoms with E-state index < -0.39 is 49.9 Å². The lowest BCUT2D eigenvalue weighted by atomic mass is 10.2. The fourth-order valence-corrected chi connectivity index (χ4v) is 2.80. The molecular formula is C10H10N2O8S. The average Bonchev–Trinajstić information content (AvgIpc) is 2.37. The summed E-state index contributed by atoms with van der Waals surface area (Å²) < 4.78 is 25.6. The summed E-state index contributed by atoms with van der Waals surface area (Å²) in [5, 5.41) is 28.1. The van der Waals surface area contributed by atoms with Crippen molar-refractivity contribution in [1.82, 2.24) is 4.72 Å². The summed E-state index contributed by atoms with van der Waals surface area (Å²) in [7, 11) is -4.56. The molecule has 10 nitrogen and oxygen atoms in total. The highest BCUT2D eigenvalue weighted by molar-refractivity contribution is 7.89. The van der Waals surface area contributed by atoms with Crippen LogP contribution < -0.4 is 4.72 Å². The first-order valence-corrected chi connectivity index (χ1v) is 6.84. The van der Waals surface area contributed by atoms with E-state index in [0.717, 1.165) is 12.1 Å². The number of hydrogen-bond acceptors (Lipinski definition) is 6. The number of carbonyl (C=O) groups is 2. The summed E-state index contributed by atoms with van der Waals surface area (Å²) in [6.07, 6.45) is -1.00. The minimum absolute atomic E-state index is 0.744. The maximum absolute atomic E-state index is 12.0. The first-order valence-electron chi connectivity index (χ1n) is 5.35. The monoisotopic (exact) mass is 318 g/mol. The highest BCUT2D eigenvalue weighted by Gasteiger charge is 2.31. The molecule has 0 radical (unpaired) electrons. The molecule has 1 aromatic carbocycles. The number of hydrogen-bond donors (Lipinski definition) is 3. The maximum atomic E-state index is 12.0. The molecule has 0 saturated carbocycles. The minimum Gasteiger partial charge on any atom is -0.481 e. The van der Waals surface area contributed by atoms with Gasteiger partial charge in [-0.05, 0) is 6.07 Å². The van der Waals surface area contributed by atoms with E-state index in [4.69, 9.17) is 10.2 Å². The van der Waals surface area contributed by atoms with Gasteiger partial charge in [0.25, 0.3) is 5.69 Å². The largest absolute Gasteiger partial charge is 0.481 e. The van der Waals surface area contributed by atoms with E-state index in [1.165, 1.54) is 12.1 Å². The molecule has 0 saturated heterocycles. The van der Waals surface area contributed by atoms with Gasteiger partial charge in [0, 0.05) is 6.07 Å². The maximum Gasteiger partial charge on any atom is 0.322 e. The second kappa shape index (κ2) is 6.28. The van der Waals surface area contributed by atoms with E-state index in [0.29, 0.717) is 0 Å². The molecule has 3 N–H and O–H groups in total. The number of sulfonamides is 1. The van der Waals surface area contributed by atoms with Crippen molar-refractivity contribution in [3.63, 3.8) is 0 Å². The third kappa shape index (κ3) is 4.22. The van der Waals surface area contributed by atoms with Gasteiger partial charge < -0.3 is 10.2 Å². The molecule has 0 aromatic heterocycles. The summed E-state index contributed by atoms with van der Waals surface area (Å²) in [5.74, 6) is -3.24. The molecule has 21 heavy (non-hydrogen) atoms. The van der Waals surface area contributed by atoms with E-state index >= 15 is 0 Å². The van der Waals surface area contributed by atoms with E-state index in [1.54, 1.807) is 4.72 Å². The number of nitrogens with zero attached hydrogens (tertiary/aromatic N) is 1. The van der Waals surface area contributed by atoms with Gasteiger partial charge in [-0.1, -0.05) is 12.1 Å². The second-order valence-corrected chi connectivity index (χ2v) is 5.52. The minimum atomic E-state index is -4.56. The lowest BCUT2D eigenvalue weighted by Gasteiger charge is -2.12. The highest BCUT2D eigenvalue weighted by Crippen LogP contribution is 2.23. The number of aliphatic carboxylic acids is 2. The van der Waals surface area contributed by atoms with Gasteiger partial charge in [-0.3, -0.25) is 19.7 Å². The van der Waals surface area contributed by atoms with E-state index in [2.05, 4.69) is 0 Å². The normalized spacial score (nSPS) is 12.6. The van der Waals surface area contributed by atoms with E-state index in [9.17, 15) is 28.1 Å². The molecule has 0 aliphatic rings. The smallest absolute Gasteiger partial charge is 0.322 e. The van der Waals surface area contributed by atoms with Crippen molar-refractivity contribution in [2.24, 2.45) is 0 Å². The topological polar surface area (TPSA) is 164 Å². The van der Waals surface area contributed by atoms with Crippen molar-refractivity contribution in [2.45, 2.75) is 17.4 Å². The Morgan fingerprint density at radius 2 is 1.86 bits per heavy atom. The fourth-order valence-electron chi connectivity index (χ4n) is 1.44. The molecule has 1 aromatic rings. The number of carboxylic acid groups (broad SMARTS) is 2. The number of para-hydroxylation sites is 1. The Hall–Kier alpha value is -2.53. The van der Waals surface area contributed by atoms with Crippen LogP contribution in [0.3, 0.4) is 0 Å². The number of benzene rings is 1. The average molecular weight is 318 g/mol. The molecule has 0 amide bonds. The van der Waals surface area contributed by atoms with Gasteiger partial charge in [0.2, 0.25) is 10.0 Å². The summed E-state index contributed by atoms with van der Waals surface area (Å²) >= 11 is 0. The van der Waals surface area contributed by atoms with Crippen molar-refractivity contribution >= 4 is 27.6 Å². The molecule has 1 unspecified atom stereocenters. The molecule has 0 bridgehead atoms. The van der Waals surface area contributed by atoms with Gasteiger partial charge in [0.1, 0.15) is 6.04 Å². The van der Waals surface area contributed by atoms with Crippen LogP contribution in [-0.4, -0.2) is 41.5 Å². The lowest BCUT2D eigenvalue weighted by Crippen LogP contribution is -2.42. The Bertz CT molecular complexity index is 684. The van der Waals surface area contributed by atoms with Crippen LogP contribution in [0.2, 0.25) is 0 Å². The Labute approximate surface area is 118 Å². The third-order valence-electron chi connectivity index (χ3n) is 2.33. The molecule has 0 aliphatic carbocycles. The number of nitro benzene ring substituents is 1. The highest BCUT2D eigenvalue weighted by atomic mass is 32.2. The Kier molecular flexibility index (Phi) is 4.94. The van der Waals surface area contributed by atoms with Gasteiger partial charge in [0.15, 0.2) is 4.90 Å². The quantitative estimate of drug-likeness (QED) is 0.459. The predicted molar refractivity (Wildman–Crippen MR) is 67.1 cm³/mol. The van der Waals surface area contributed by atoms with Crippen molar-refractivity contribution in [3.05, 3.63) is 34.4 Å². The standard InChI is InChI=1S/C10H10N2O8S/c13-9(14)5-6(10(15)16)11-21(19,20)8-4-2-1-3-7(8)12(17)18/h1-4,6,11H,5H2,(H,13,14)(H,15,16). The first kappa shape index (κ1) is 16.5. The first-order chi connectivity index (χ1) is 9.65. The third-order valence-corrected chi connectivity index (χ3v) is 3.84. The van der Waals surface area contributed by atoms with Gasteiger partial charge in [-0.2, -0.15) is 4.72 Å². The predicted octanol–water partition coefficient (Wildman–Crippen LogP) is -0.199. The van der Waals surface area contributed by atoms with Crippen LogP contribution >= 0.6 is 0 Å². The molecule has 114 valence electrons. The van der Waals surface area contributed by atoms with Crippen LogP contribution in [0.25, 0.3) is 0 Å². The molecule has 0 heterocycles. The molecule has 0 fully saturated rings. The molecule has 1 rings (SSSR count). The molecule has 0 aliphatic heterocycles. The van der Waals surface area contributed by atoms with Crippen LogP contribution in [0.4, 0.5) is 5.69 Å². The second-order valence-electron chi connectivity index (χ2n) is 3.83. The Morgan fingerprint density at radius 3 is 2.33 bits per heavy atom. The number of rotatable bonds is 7. The zero-order valence-electron chi connectivity index (χ0n) is 10.3. The summed E-state index contributed by atoms with van der Waals surface area (Å²) in [5.41, 5.74) is -0.746. The molecule has 0 spiro atoms. The summed E-state index contributed by atoms with van der Waals surface area (Å²) in [4.78, 5) is 30.4. The number of nitro groups is 1. The van der Waals surface area contributed by atoms with Crippen molar-refractivity contribution in [3.8, 4) is 0 Å². The van der Waals surface area contributed by atoms with Crippen molar-refractivity contribution in [2.75, 3.05) is 0 Å². The number of nitrogens with one attached hydrogen (secondary N) is 1. The van der Waals surface area contributed by atoms with Crippen LogP contribution in [-0.2, 0) is 19.6 Å². The van der Waals surface area contributed by atoms with Crippen molar-refractivity contribution in [1.29, 1.82) is 0 Å². The SMILES string of the molecule is O=C(O)CC(NS(=O)(=O)c1ccccc1[N+](=O)[O-])C(=O)O. The van der Waals surface area contributed by atoms with E-state index in [-0.39, 0.29) is 0 Å². The molecule has 11 heteroatoms. The van der Waals surface area contributed by atoms with Crippen LogP contribution in [0.15, 0.2) is 29.2 Å². The number of carboxylic acids is 2. The van der Waals surface area contributed by atoms with Gasteiger partial charge in [-0.25, -0.2) is 8.42 Å². The van der Waals surface area contributed by atoms with E-state index in [1.807, 2.05) is 0 Å². The summed E-state index contributed by atoms with van der Waals surface area (Å²) in [6, 6.07) is 2.37. The van der Waals surface area contributed by atoms with Crippen LogP contribution in [0.5, 0.6) is 0 Å². The molecular weight excluding hydrogens is 308 g/mol. The van der Waals surface area contributed by atoms with Gasteiger partial charge >= 0.3 is 11.9 Å². The van der Waals surface area contributed by atoms with Crippen LogP contribution in [0, 0.1) is 10.1 Å². The van der Waals surface area contributed by atoms with Gasteiger partial charge in [0.05, 0.1) is 11.3 Å². The Morgan fingerprint density at radius 1 is 1.29 bits per heavy atom. The molecule has 1 atom stereocenters. The summed E-state index contributed by atoms with van der Waals surface area (Å²) in [6.45, 7) is 0. The van der Waals surface area contributed by atoms with Gasteiger partial charge in [-0.15, -0.1) is 0 Å². The Balaban J connectivity index is 3.20.